The van der Waals surface area contributed by atoms with Gasteiger partial charge in [0.1, 0.15) is 5.82 Å². The Kier molecular flexibility index (Phi) is 6.37. The largest absolute Gasteiger partial charge is 0.573 e. The number of fused-ring (bicyclic) bond motifs is 1. The van der Waals surface area contributed by atoms with Crippen molar-refractivity contribution < 1.29 is 31.1 Å². The molecule has 4 aromatic rings. The summed E-state index contributed by atoms with van der Waals surface area (Å²) in [6.45, 7) is 3.70. The Morgan fingerprint density at radius 1 is 0.765 bits per heavy atom. The number of hydrogen-bond donors (Lipinski definition) is 0. The van der Waals surface area contributed by atoms with Crippen LogP contribution in [-0.4, -0.2) is 6.36 Å². The smallest absolute Gasteiger partial charge is 0.399 e. The van der Waals surface area contributed by atoms with Crippen molar-refractivity contribution in [2.75, 3.05) is 0 Å². The minimum absolute atomic E-state index is 0.0158. The molecule has 0 aliphatic rings. The maximum atomic E-state index is 15.2. The quantitative estimate of drug-likeness (QED) is 0.202. The van der Waals surface area contributed by atoms with Gasteiger partial charge in [-0.15, -0.1) is 19.8 Å². The van der Waals surface area contributed by atoms with Crippen LogP contribution in [0.1, 0.15) is 12.0 Å². The molecular formula is C27H18F6O. The lowest BCUT2D eigenvalue weighted by molar-refractivity contribution is -0.276. The third-order valence-electron chi connectivity index (χ3n) is 5.40. The highest BCUT2D eigenvalue weighted by molar-refractivity contribution is 5.89. The highest BCUT2D eigenvalue weighted by Gasteiger charge is 2.34. The molecule has 0 saturated carbocycles. The first-order valence-electron chi connectivity index (χ1n) is 10.3. The molecule has 0 amide bonds. The molecular weight excluding hydrogens is 454 g/mol. The first-order valence-corrected chi connectivity index (χ1v) is 10.3. The molecule has 0 bridgehead atoms. The summed E-state index contributed by atoms with van der Waals surface area (Å²) < 4.78 is 83.8. The van der Waals surface area contributed by atoms with Gasteiger partial charge in [-0.3, -0.25) is 0 Å². The van der Waals surface area contributed by atoms with Gasteiger partial charge in [0, 0.05) is 10.9 Å². The van der Waals surface area contributed by atoms with Gasteiger partial charge in [0.2, 0.25) is 5.75 Å². The average Bonchev–Trinajstić information content (AvgIpc) is 2.80. The van der Waals surface area contributed by atoms with Gasteiger partial charge in [0.15, 0.2) is 11.6 Å². The van der Waals surface area contributed by atoms with Crippen molar-refractivity contribution in [2.45, 2.75) is 19.2 Å². The Labute approximate surface area is 191 Å². The van der Waals surface area contributed by atoms with Crippen LogP contribution in [-0.2, 0) is 6.42 Å². The van der Waals surface area contributed by atoms with E-state index < -0.39 is 29.6 Å². The predicted octanol–water partition coefficient (Wildman–Crippen LogP) is 8.61. The van der Waals surface area contributed by atoms with Crippen molar-refractivity contribution in [2.24, 2.45) is 0 Å². The second kappa shape index (κ2) is 9.25. The SMILES string of the molecule is C=CCCc1ccc2c(F)c(-c3ccc(-c4cc(F)c(OC(F)(F)F)c(F)c4)cc3)ccc2c1. The van der Waals surface area contributed by atoms with E-state index in [0.29, 0.717) is 22.1 Å². The average molecular weight is 472 g/mol. The minimum Gasteiger partial charge on any atom is -0.399 e. The molecule has 4 aromatic carbocycles. The summed E-state index contributed by atoms with van der Waals surface area (Å²) in [7, 11) is 0. The number of hydrogen-bond acceptors (Lipinski definition) is 1. The number of benzene rings is 4. The highest BCUT2D eigenvalue weighted by atomic mass is 19.4. The van der Waals surface area contributed by atoms with Gasteiger partial charge in [0.25, 0.3) is 0 Å². The van der Waals surface area contributed by atoms with E-state index in [2.05, 4.69) is 11.3 Å². The van der Waals surface area contributed by atoms with E-state index in [0.717, 1.165) is 35.9 Å². The first-order chi connectivity index (χ1) is 16.2. The van der Waals surface area contributed by atoms with Crippen LogP contribution in [0.25, 0.3) is 33.0 Å². The monoisotopic (exact) mass is 472 g/mol. The van der Waals surface area contributed by atoms with Crippen LogP contribution in [0.4, 0.5) is 26.3 Å². The van der Waals surface area contributed by atoms with Gasteiger partial charge in [0.05, 0.1) is 0 Å². The first kappa shape index (κ1) is 23.4. The summed E-state index contributed by atoms with van der Waals surface area (Å²) in [4.78, 5) is 0. The third kappa shape index (κ3) is 4.93. The van der Waals surface area contributed by atoms with Crippen molar-refractivity contribution in [1.82, 2.24) is 0 Å². The molecule has 174 valence electrons. The van der Waals surface area contributed by atoms with Crippen molar-refractivity contribution in [3.63, 3.8) is 0 Å². The molecule has 0 aliphatic heterocycles. The predicted molar refractivity (Wildman–Crippen MR) is 120 cm³/mol. The molecule has 0 saturated heterocycles. The van der Waals surface area contributed by atoms with E-state index in [1.54, 1.807) is 24.3 Å². The Hall–Kier alpha value is -3.74. The molecule has 34 heavy (non-hydrogen) atoms. The van der Waals surface area contributed by atoms with Gasteiger partial charge >= 0.3 is 6.36 Å². The zero-order chi connectivity index (χ0) is 24.5. The van der Waals surface area contributed by atoms with E-state index in [1.165, 1.54) is 12.1 Å². The van der Waals surface area contributed by atoms with Gasteiger partial charge in [-0.05, 0) is 52.6 Å². The molecule has 0 radical (unpaired) electrons. The molecule has 0 aromatic heterocycles. The zero-order valence-electron chi connectivity index (χ0n) is 17.7. The van der Waals surface area contributed by atoms with E-state index in [4.69, 9.17) is 0 Å². The number of alkyl halides is 3. The molecule has 0 unspecified atom stereocenters. The number of ether oxygens (including phenoxy) is 1. The zero-order valence-corrected chi connectivity index (χ0v) is 17.7. The summed E-state index contributed by atoms with van der Waals surface area (Å²) in [5.74, 6) is -4.88. The Morgan fingerprint density at radius 2 is 1.41 bits per heavy atom. The van der Waals surface area contributed by atoms with Crippen molar-refractivity contribution in [3.05, 3.63) is 102 Å². The van der Waals surface area contributed by atoms with E-state index >= 15 is 4.39 Å². The minimum atomic E-state index is -5.22. The number of allylic oxidation sites excluding steroid dienone is 1. The van der Waals surface area contributed by atoms with Crippen LogP contribution in [0.15, 0.2) is 79.4 Å². The second-order valence-electron chi connectivity index (χ2n) is 7.70. The fraction of sp³-hybridized carbons (Fsp3) is 0.111. The lowest BCUT2D eigenvalue weighted by atomic mass is 9.96. The summed E-state index contributed by atoms with van der Waals surface area (Å²) in [6, 6.07) is 16.7. The van der Waals surface area contributed by atoms with E-state index in [1.807, 2.05) is 24.3 Å². The van der Waals surface area contributed by atoms with E-state index in [-0.39, 0.29) is 5.56 Å². The van der Waals surface area contributed by atoms with Gasteiger partial charge in [-0.2, -0.15) is 0 Å². The van der Waals surface area contributed by atoms with Gasteiger partial charge in [-0.25, -0.2) is 13.2 Å². The summed E-state index contributed by atoms with van der Waals surface area (Å²) in [5.41, 5.74) is 2.33. The fourth-order valence-corrected chi connectivity index (χ4v) is 3.77. The molecule has 0 aliphatic carbocycles. The van der Waals surface area contributed by atoms with Crippen LogP contribution in [0.2, 0.25) is 0 Å². The normalized spacial score (nSPS) is 11.6. The van der Waals surface area contributed by atoms with Crippen LogP contribution in [0, 0.1) is 17.5 Å². The topological polar surface area (TPSA) is 9.23 Å². The lowest BCUT2D eigenvalue weighted by Crippen LogP contribution is -2.19. The second-order valence-corrected chi connectivity index (χ2v) is 7.70. The molecule has 7 heteroatoms. The van der Waals surface area contributed by atoms with Gasteiger partial charge in [-0.1, -0.05) is 60.7 Å². The van der Waals surface area contributed by atoms with Crippen LogP contribution < -0.4 is 4.74 Å². The molecule has 1 nitrogen and oxygen atoms in total. The Balaban J connectivity index is 1.64. The molecule has 0 heterocycles. The van der Waals surface area contributed by atoms with Crippen molar-refractivity contribution >= 4 is 10.8 Å². The van der Waals surface area contributed by atoms with Gasteiger partial charge < -0.3 is 4.74 Å². The lowest BCUT2D eigenvalue weighted by Gasteiger charge is -2.12. The van der Waals surface area contributed by atoms with Crippen molar-refractivity contribution in [3.8, 4) is 28.0 Å². The van der Waals surface area contributed by atoms with Crippen LogP contribution in [0.5, 0.6) is 5.75 Å². The fourth-order valence-electron chi connectivity index (χ4n) is 3.77. The molecule has 0 fully saturated rings. The highest BCUT2D eigenvalue weighted by Crippen LogP contribution is 2.34. The summed E-state index contributed by atoms with van der Waals surface area (Å²) in [6.07, 6.45) is -1.76. The maximum absolute atomic E-state index is 15.2. The molecule has 0 spiro atoms. The van der Waals surface area contributed by atoms with E-state index in [9.17, 15) is 22.0 Å². The molecule has 4 rings (SSSR count). The Bertz CT molecular complexity index is 1330. The Morgan fingerprint density at radius 3 is 2.03 bits per heavy atom. The third-order valence-corrected chi connectivity index (χ3v) is 5.40. The van der Waals surface area contributed by atoms with Crippen molar-refractivity contribution in [1.29, 1.82) is 0 Å². The summed E-state index contributed by atoms with van der Waals surface area (Å²) in [5, 5.41) is 1.24. The number of aryl methyl sites for hydroxylation is 1. The standard InChI is InChI=1S/C27H18F6O/c1-2-3-4-16-5-11-22-19(13-16)10-12-21(25(22)30)18-8-6-17(7-9-18)20-14-23(28)26(24(29)15-20)34-27(31,32)33/h2,5-15H,1,3-4H2. The summed E-state index contributed by atoms with van der Waals surface area (Å²) >= 11 is 0. The molecule has 0 atom stereocenters. The maximum Gasteiger partial charge on any atom is 0.573 e. The van der Waals surface area contributed by atoms with Crippen LogP contribution >= 0.6 is 0 Å². The number of rotatable bonds is 6. The number of halogens is 6. The molecule has 0 N–H and O–H groups in total. The van der Waals surface area contributed by atoms with Crippen LogP contribution in [0.3, 0.4) is 0 Å².